The molecular formula is C31H32N2O6. The van der Waals surface area contributed by atoms with Gasteiger partial charge in [-0.15, -0.1) is 0 Å². The van der Waals surface area contributed by atoms with Gasteiger partial charge < -0.3 is 28.8 Å². The molecule has 0 fully saturated rings. The molecule has 1 aromatic heterocycles. The van der Waals surface area contributed by atoms with Crippen LogP contribution in [-0.2, 0) is 16.1 Å². The van der Waals surface area contributed by atoms with Gasteiger partial charge in [-0.2, -0.15) is 0 Å². The summed E-state index contributed by atoms with van der Waals surface area (Å²) in [6.07, 6.45) is 0.997. The van der Waals surface area contributed by atoms with Crippen molar-refractivity contribution in [1.82, 2.24) is 4.57 Å². The molecule has 0 spiro atoms. The minimum atomic E-state index is -0.835. The Bertz CT molecular complexity index is 1420. The highest BCUT2D eigenvalue weighted by atomic mass is 16.5. The zero-order valence-electron chi connectivity index (χ0n) is 22.5. The predicted octanol–water partition coefficient (Wildman–Crippen LogP) is 5.80. The zero-order chi connectivity index (χ0) is 27.8. The van der Waals surface area contributed by atoms with Gasteiger partial charge >= 0.3 is 5.97 Å². The van der Waals surface area contributed by atoms with Gasteiger partial charge in [0.1, 0.15) is 5.75 Å². The van der Waals surface area contributed by atoms with E-state index in [1.54, 1.807) is 56.9 Å². The lowest BCUT2D eigenvalue weighted by Gasteiger charge is -2.17. The van der Waals surface area contributed by atoms with Crippen LogP contribution in [0.15, 0.2) is 85.1 Å². The third-order valence-electron chi connectivity index (χ3n) is 6.11. The quantitative estimate of drug-likeness (QED) is 0.248. The number of hydrogen-bond donors (Lipinski definition) is 1. The van der Waals surface area contributed by atoms with E-state index in [0.717, 1.165) is 11.1 Å². The molecule has 4 rings (SSSR count). The molecule has 0 aliphatic rings. The van der Waals surface area contributed by atoms with Gasteiger partial charge in [-0.05, 0) is 49.2 Å². The number of ether oxygens (including phenoxy) is 4. The fraction of sp³-hybridized carbons (Fsp3) is 0.226. The van der Waals surface area contributed by atoms with Crippen LogP contribution in [0, 0.1) is 0 Å². The van der Waals surface area contributed by atoms with Gasteiger partial charge in [-0.1, -0.05) is 54.6 Å². The molecule has 39 heavy (non-hydrogen) atoms. The summed E-state index contributed by atoms with van der Waals surface area (Å²) in [6, 6.07) is 24.3. The van der Waals surface area contributed by atoms with E-state index in [4.69, 9.17) is 18.9 Å². The van der Waals surface area contributed by atoms with Crippen LogP contribution < -0.4 is 19.5 Å². The second-order valence-electron chi connectivity index (χ2n) is 8.73. The number of carbonyl (C=O) groups excluding carboxylic acids is 2. The first-order valence-electron chi connectivity index (χ1n) is 12.6. The number of nitrogens with one attached hydrogen (secondary N) is 1. The number of esters is 1. The van der Waals surface area contributed by atoms with Gasteiger partial charge in [0.25, 0.3) is 5.91 Å². The fourth-order valence-electron chi connectivity index (χ4n) is 4.21. The van der Waals surface area contributed by atoms with Crippen molar-refractivity contribution in [1.29, 1.82) is 0 Å². The third-order valence-corrected chi connectivity index (χ3v) is 6.11. The molecule has 1 heterocycles. The summed E-state index contributed by atoms with van der Waals surface area (Å²) in [6.45, 7) is 3.97. The first kappa shape index (κ1) is 27.3. The molecule has 4 aromatic rings. The number of carbonyl (C=O) groups is 2. The molecule has 202 valence electrons. The molecule has 0 unspecified atom stereocenters. The summed E-state index contributed by atoms with van der Waals surface area (Å²) in [5.74, 6) is 0.677. The molecule has 3 aromatic carbocycles. The van der Waals surface area contributed by atoms with Gasteiger partial charge in [0, 0.05) is 18.3 Å². The maximum absolute atomic E-state index is 13.4. The van der Waals surface area contributed by atoms with Crippen molar-refractivity contribution >= 4 is 17.6 Å². The van der Waals surface area contributed by atoms with E-state index >= 15 is 0 Å². The van der Waals surface area contributed by atoms with Crippen LogP contribution in [0.1, 0.15) is 29.9 Å². The van der Waals surface area contributed by atoms with Crippen LogP contribution >= 0.6 is 0 Å². The van der Waals surface area contributed by atoms with Crippen LogP contribution in [0.25, 0.3) is 11.1 Å². The lowest BCUT2D eigenvalue weighted by Crippen LogP contribution is -2.31. The number of amides is 1. The van der Waals surface area contributed by atoms with E-state index in [1.165, 1.54) is 0 Å². The summed E-state index contributed by atoms with van der Waals surface area (Å²) in [5, 5.41) is 2.95. The van der Waals surface area contributed by atoms with E-state index < -0.39 is 18.0 Å². The van der Waals surface area contributed by atoms with Crippen molar-refractivity contribution in [3.05, 3.63) is 96.3 Å². The monoisotopic (exact) mass is 528 g/mol. The molecule has 0 aliphatic carbocycles. The van der Waals surface area contributed by atoms with Gasteiger partial charge in [-0.25, -0.2) is 4.79 Å². The Hall–Kier alpha value is -4.72. The van der Waals surface area contributed by atoms with Crippen molar-refractivity contribution in [2.45, 2.75) is 26.5 Å². The average molecular weight is 529 g/mol. The molecule has 0 saturated heterocycles. The molecule has 0 saturated carbocycles. The standard InChI is InChI=1S/C31H32N2O6/c1-5-38-31(35)29-28(32-30(34)21(2)39-24-14-10-7-11-15-24)25(20-33(29)19-22-12-8-6-9-13-22)23-16-17-26(36-3)27(18-23)37-4/h6-18,20-21H,5,19H2,1-4H3,(H,32,34)/t21-/m1/s1. The van der Waals surface area contributed by atoms with Crippen molar-refractivity contribution in [3.8, 4) is 28.4 Å². The number of para-hydroxylation sites is 1. The second kappa shape index (κ2) is 12.7. The summed E-state index contributed by atoms with van der Waals surface area (Å²) < 4.78 is 24.0. The highest BCUT2D eigenvalue weighted by molar-refractivity contribution is 6.06. The maximum Gasteiger partial charge on any atom is 0.357 e. The molecule has 0 bridgehead atoms. The average Bonchev–Trinajstić information content (AvgIpc) is 3.31. The van der Waals surface area contributed by atoms with Crippen molar-refractivity contribution in [2.75, 3.05) is 26.1 Å². The molecular weight excluding hydrogens is 496 g/mol. The largest absolute Gasteiger partial charge is 0.493 e. The van der Waals surface area contributed by atoms with Crippen LogP contribution in [0.4, 0.5) is 5.69 Å². The fourth-order valence-corrected chi connectivity index (χ4v) is 4.21. The molecule has 1 amide bonds. The first-order chi connectivity index (χ1) is 18.9. The normalized spacial score (nSPS) is 11.4. The highest BCUT2D eigenvalue weighted by Gasteiger charge is 2.28. The van der Waals surface area contributed by atoms with Gasteiger partial charge in [0.2, 0.25) is 0 Å². The van der Waals surface area contributed by atoms with E-state index in [9.17, 15) is 9.59 Å². The van der Waals surface area contributed by atoms with Crippen LogP contribution in [0.5, 0.6) is 17.2 Å². The van der Waals surface area contributed by atoms with Crippen LogP contribution in [0.2, 0.25) is 0 Å². The summed E-state index contributed by atoms with van der Waals surface area (Å²) in [4.78, 5) is 26.7. The molecule has 0 radical (unpaired) electrons. The molecule has 8 heteroatoms. The Morgan fingerprint density at radius 2 is 1.56 bits per heavy atom. The Morgan fingerprint density at radius 3 is 2.21 bits per heavy atom. The third kappa shape index (κ3) is 6.41. The van der Waals surface area contributed by atoms with E-state index in [1.807, 2.05) is 60.8 Å². The smallest absolute Gasteiger partial charge is 0.357 e. The number of aromatic nitrogens is 1. The number of nitrogens with zero attached hydrogens (tertiary/aromatic N) is 1. The SMILES string of the molecule is CCOC(=O)c1c(NC(=O)[C@@H](C)Oc2ccccc2)c(-c2ccc(OC)c(OC)c2)cn1Cc1ccccc1. The molecule has 1 N–H and O–H groups in total. The minimum absolute atomic E-state index is 0.182. The maximum atomic E-state index is 13.4. The molecule has 1 atom stereocenters. The van der Waals surface area contributed by atoms with E-state index in [0.29, 0.717) is 35.0 Å². The van der Waals surface area contributed by atoms with Crippen LogP contribution in [-0.4, -0.2) is 43.4 Å². The Kier molecular flexibility index (Phi) is 8.89. The van der Waals surface area contributed by atoms with Gasteiger partial charge in [0.05, 0.1) is 26.5 Å². The van der Waals surface area contributed by atoms with E-state index in [-0.39, 0.29) is 12.3 Å². The number of anilines is 1. The van der Waals surface area contributed by atoms with Gasteiger partial charge in [-0.3, -0.25) is 4.79 Å². The first-order valence-corrected chi connectivity index (χ1v) is 12.6. The van der Waals surface area contributed by atoms with E-state index in [2.05, 4.69) is 5.32 Å². The predicted molar refractivity (Wildman–Crippen MR) is 150 cm³/mol. The number of benzene rings is 3. The topological polar surface area (TPSA) is 88.0 Å². The molecule has 0 aliphatic heterocycles. The summed E-state index contributed by atoms with van der Waals surface area (Å²) in [5.41, 5.74) is 2.87. The van der Waals surface area contributed by atoms with Crippen molar-refractivity contribution in [3.63, 3.8) is 0 Å². The van der Waals surface area contributed by atoms with Gasteiger partial charge in [0.15, 0.2) is 23.3 Å². The Balaban J connectivity index is 1.81. The zero-order valence-corrected chi connectivity index (χ0v) is 22.5. The second-order valence-corrected chi connectivity index (χ2v) is 8.73. The van der Waals surface area contributed by atoms with Crippen LogP contribution in [0.3, 0.4) is 0 Å². The lowest BCUT2D eigenvalue weighted by atomic mass is 10.1. The summed E-state index contributed by atoms with van der Waals surface area (Å²) in [7, 11) is 3.12. The Labute approximate surface area is 228 Å². The Morgan fingerprint density at radius 1 is 0.897 bits per heavy atom. The number of methoxy groups -OCH3 is 2. The molecule has 8 nitrogen and oxygen atoms in total. The number of rotatable bonds is 11. The highest BCUT2D eigenvalue weighted by Crippen LogP contribution is 2.39. The number of hydrogen-bond acceptors (Lipinski definition) is 6. The van der Waals surface area contributed by atoms with Crippen molar-refractivity contribution < 1.29 is 28.5 Å². The lowest BCUT2D eigenvalue weighted by molar-refractivity contribution is -0.122. The minimum Gasteiger partial charge on any atom is -0.493 e. The summed E-state index contributed by atoms with van der Waals surface area (Å²) >= 11 is 0. The van der Waals surface area contributed by atoms with Crippen molar-refractivity contribution in [2.24, 2.45) is 0 Å².